The average Bonchev–Trinajstić information content (AvgIpc) is 2.87. The van der Waals surface area contributed by atoms with E-state index in [1.54, 1.807) is 17.4 Å². The maximum Gasteiger partial charge on any atom is 0.191 e. The van der Waals surface area contributed by atoms with Crippen LogP contribution in [0.3, 0.4) is 0 Å². The third kappa shape index (κ3) is 6.12. The van der Waals surface area contributed by atoms with Crippen LogP contribution in [0, 0.1) is 26.6 Å². The molecule has 0 saturated carbocycles. The third-order valence-corrected chi connectivity index (χ3v) is 5.08. The number of guanidine groups is 1. The number of halogens is 1. The van der Waals surface area contributed by atoms with Crippen LogP contribution >= 0.6 is 11.3 Å². The van der Waals surface area contributed by atoms with Gasteiger partial charge < -0.3 is 10.6 Å². The second-order valence-electron chi connectivity index (χ2n) is 6.00. The van der Waals surface area contributed by atoms with Crippen LogP contribution in [0.1, 0.15) is 33.6 Å². The second kappa shape index (κ2) is 9.51. The van der Waals surface area contributed by atoms with Gasteiger partial charge in [-0.1, -0.05) is 6.07 Å². The summed E-state index contributed by atoms with van der Waals surface area (Å²) in [5.74, 6) is 0.638. The molecule has 2 N–H and O–H groups in total. The zero-order valence-corrected chi connectivity index (χ0v) is 16.3. The normalized spacial score (nSPS) is 11.6. The Morgan fingerprint density at radius 2 is 2.00 bits per heavy atom. The number of hydrogen-bond acceptors (Lipinski definition) is 3. The number of aliphatic imine (C=N–C) groups is 1. The van der Waals surface area contributed by atoms with Crippen molar-refractivity contribution in [2.75, 3.05) is 19.6 Å². The van der Waals surface area contributed by atoms with E-state index in [4.69, 9.17) is 0 Å². The monoisotopic (exact) mass is 362 g/mol. The van der Waals surface area contributed by atoms with E-state index in [0.717, 1.165) is 60.3 Å². The van der Waals surface area contributed by atoms with Gasteiger partial charge in [-0.25, -0.2) is 9.37 Å². The molecule has 1 heterocycles. The molecule has 2 aromatic rings. The van der Waals surface area contributed by atoms with Gasteiger partial charge in [0.2, 0.25) is 0 Å². The topological polar surface area (TPSA) is 49.3 Å². The minimum Gasteiger partial charge on any atom is -0.357 e. The fourth-order valence-corrected chi connectivity index (χ4v) is 3.60. The van der Waals surface area contributed by atoms with Gasteiger partial charge in [0.1, 0.15) is 5.82 Å². The summed E-state index contributed by atoms with van der Waals surface area (Å²) >= 11 is 1.75. The highest BCUT2D eigenvalue weighted by molar-refractivity contribution is 7.11. The average molecular weight is 363 g/mol. The number of nitrogens with one attached hydrogen (secondary N) is 2. The number of aryl methyl sites for hydroxylation is 3. The fourth-order valence-electron chi connectivity index (χ4n) is 2.67. The summed E-state index contributed by atoms with van der Waals surface area (Å²) in [7, 11) is 0. The lowest BCUT2D eigenvalue weighted by atomic mass is 10.1. The van der Waals surface area contributed by atoms with Crippen LogP contribution in [0.4, 0.5) is 4.39 Å². The molecule has 0 unspecified atom stereocenters. The summed E-state index contributed by atoms with van der Waals surface area (Å²) in [5.41, 5.74) is 3.25. The fraction of sp³-hybridized carbons (Fsp3) is 0.474. The molecule has 0 aliphatic carbocycles. The maximum absolute atomic E-state index is 13.2. The molecule has 6 heteroatoms. The highest BCUT2D eigenvalue weighted by Crippen LogP contribution is 2.17. The molecule has 0 spiro atoms. The van der Waals surface area contributed by atoms with E-state index in [1.807, 2.05) is 19.9 Å². The lowest BCUT2D eigenvalue weighted by Crippen LogP contribution is -2.38. The molecule has 0 atom stereocenters. The molecule has 2 rings (SSSR count). The van der Waals surface area contributed by atoms with Crippen molar-refractivity contribution in [1.29, 1.82) is 0 Å². The van der Waals surface area contributed by atoms with Gasteiger partial charge in [-0.05, 0) is 57.4 Å². The predicted octanol–water partition coefficient (Wildman–Crippen LogP) is 3.55. The van der Waals surface area contributed by atoms with Crippen molar-refractivity contribution in [2.24, 2.45) is 4.99 Å². The first-order valence-electron chi connectivity index (χ1n) is 8.69. The molecule has 0 fully saturated rings. The van der Waals surface area contributed by atoms with Gasteiger partial charge in [0.15, 0.2) is 5.96 Å². The minimum absolute atomic E-state index is 0.183. The molecule has 136 valence electrons. The molecule has 25 heavy (non-hydrogen) atoms. The van der Waals surface area contributed by atoms with Crippen molar-refractivity contribution in [3.63, 3.8) is 0 Å². The third-order valence-electron chi connectivity index (χ3n) is 3.94. The number of nitrogens with zero attached hydrogens (tertiary/aromatic N) is 2. The van der Waals surface area contributed by atoms with Crippen LogP contribution in [0.2, 0.25) is 0 Å². The quantitative estimate of drug-likeness (QED) is 0.585. The Kier molecular flexibility index (Phi) is 7.37. The summed E-state index contributed by atoms with van der Waals surface area (Å²) in [6.07, 6.45) is 1.74. The van der Waals surface area contributed by atoms with Crippen LogP contribution in [-0.4, -0.2) is 30.6 Å². The van der Waals surface area contributed by atoms with Gasteiger partial charge in [-0.3, -0.25) is 4.99 Å². The first kappa shape index (κ1) is 19.4. The minimum atomic E-state index is -0.183. The number of hydrogen-bond donors (Lipinski definition) is 2. The van der Waals surface area contributed by atoms with Crippen molar-refractivity contribution < 1.29 is 4.39 Å². The number of benzene rings is 1. The molecule has 0 aliphatic rings. The number of rotatable bonds is 7. The van der Waals surface area contributed by atoms with E-state index < -0.39 is 0 Å². The lowest BCUT2D eigenvalue weighted by molar-refractivity contribution is 0.625. The second-order valence-corrected chi connectivity index (χ2v) is 7.29. The Hall–Kier alpha value is -1.95. The van der Waals surface area contributed by atoms with E-state index in [2.05, 4.69) is 34.5 Å². The van der Waals surface area contributed by atoms with Crippen molar-refractivity contribution in [3.8, 4) is 0 Å². The smallest absolute Gasteiger partial charge is 0.191 e. The largest absolute Gasteiger partial charge is 0.357 e. The Bertz CT molecular complexity index is 724. The van der Waals surface area contributed by atoms with Gasteiger partial charge in [-0.15, -0.1) is 11.3 Å². The molecule has 0 aliphatic heterocycles. The van der Waals surface area contributed by atoms with E-state index in [9.17, 15) is 4.39 Å². The molecule has 1 aromatic heterocycles. The maximum atomic E-state index is 13.2. The summed E-state index contributed by atoms with van der Waals surface area (Å²) in [6.45, 7) is 10.4. The van der Waals surface area contributed by atoms with Crippen LogP contribution in [0.5, 0.6) is 0 Å². The molecule has 1 aromatic carbocycles. The zero-order chi connectivity index (χ0) is 18.2. The molecule has 4 nitrogen and oxygen atoms in total. The summed E-state index contributed by atoms with van der Waals surface area (Å²) in [5, 5.41) is 7.72. The standard InChI is InChI=1S/C19H27FN4S/c1-5-21-19(23-11-9-18-14(3)24-15(4)25-18)22-10-8-16-6-7-17(20)12-13(16)2/h6-7,12H,5,8-11H2,1-4H3,(H2,21,22,23). The Morgan fingerprint density at radius 1 is 1.20 bits per heavy atom. The molecule has 0 saturated heterocycles. The van der Waals surface area contributed by atoms with E-state index in [1.165, 1.54) is 10.9 Å². The van der Waals surface area contributed by atoms with Crippen molar-refractivity contribution in [1.82, 2.24) is 15.6 Å². The van der Waals surface area contributed by atoms with Crippen molar-refractivity contribution in [2.45, 2.75) is 40.5 Å². The van der Waals surface area contributed by atoms with Crippen LogP contribution in [-0.2, 0) is 12.8 Å². The van der Waals surface area contributed by atoms with Crippen LogP contribution < -0.4 is 10.6 Å². The van der Waals surface area contributed by atoms with Gasteiger partial charge in [0, 0.05) is 30.9 Å². The van der Waals surface area contributed by atoms with E-state index in [0.29, 0.717) is 0 Å². The van der Waals surface area contributed by atoms with Gasteiger partial charge >= 0.3 is 0 Å². The Labute approximate surface area is 153 Å². The van der Waals surface area contributed by atoms with Gasteiger partial charge in [0.25, 0.3) is 0 Å². The first-order chi connectivity index (χ1) is 12.0. The first-order valence-corrected chi connectivity index (χ1v) is 9.51. The van der Waals surface area contributed by atoms with Crippen molar-refractivity contribution >= 4 is 17.3 Å². The summed E-state index contributed by atoms with van der Waals surface area (Å²) in [4.78, 5) is 10.4. The number of thiazole rings is 1. The molecular weight excluding hydrogens is 335 g/mol. The molecule has 0 amide bonds. The van der Waals surface area contributed by atoms with Gasteiger partial charge in [-0.2, -0.15) is 0 Å². The SMILES string of the molecule is CCNC(=NCCc1sc(C)nc1C)NCCc1ccc(F)cc1C. The number of aromatic nitrogens is 1. The molecule has 0 radical (unpaired) electrons. The van der Waals surface area contributed by atoms with E-state index in [-0.39, 0.29) is 5.82 Å². The van der Waals surface area contributed by atoms with E-state index >= 15 is 0 Å². The highest BCUT2D eigenvalue weighted by Gasteiger charge is 2.05. The van der Waals surface area contributed by atoms with Crippen LogP contribution in [0.25, 0.3) is 0 Å². The van der Waals surface area contributed by atoms with Crippen LogP contribution in [0.15, 0.2) is 23.2 Å². The summed E-state index contributed by atoms with van der Waals surface area (Å²) < 4.78 is 13.2. The molecular formula is C19H27FN4S. The molecule has 0 bridgehead atoms. The highest BCUT2D eigenvalue weighted by atomic mass is 32.1. The summed E-state index contributed by atoms with van der Waals surface area (Å²) in [6, 6.07) is 4.94. The Balaban J connectivity index is 1.85. The zero-order valence-electron chi connectivity index (χ0n) is 15.4. The van der Waals surface area contributed by atoms with Gasteiger partial charge in [0.05, 0.1) is 10.7 Å². The van der Waals surface area contributed by atoms with Crippen molar-refractivity contribution in [3.05, 3.63) is 50.7 Å². The lowest BCUT2D eigenvalue weighted by Gasteiger charge is -2.12. The Morgan fingerprint density at radius 3 is 2.64 bits per heavy atom. The predicted molar refractivity (Wildman–Crippen MR) is 104 cm³/mol.